The van der Waals surface area contributed by atoms with Crippen molar-refractivity contribution in [2.45, 2.75) is 39.3 Å². The largest absolute Gasteiger partial charge is 0.298 e. The summed E-state index contributed by atoms with van der Waals surface area (Å²) in [6, 6.07) is 21.4. The minimum atomic E-state index is -0.646. The number of Topliss-reactive ketones (excluding diaryl/α,β-unsaturated/α-hetero) is 1. The monoisotopic (exact) mass is 336 g/mol. The summed E-state index contributed by atoms with van der Waals surface area (Å²) in [6.45, 7) is 6.87. The van der Waals surface area contributed by atoms with Crippen molar-refractivity contribution in [3.05, 3.63) is 60.7 Å². The van der Waals surface area contributed by atoms with Crippen LogP contribution >= 0.6 is 7.92 Å². The van der Waals surface area contributed by atoms with Crippen molar-refractivity contribution >= 4 is 24.3 Å². The number of hydrogen-bond donors (Lipinski definition) is 0. The van der Waals surface area contributed by atoms with Gasteiger partial charge in [-0.25, -0.2) is 0 Å². The molecule has 0 unspecified atom stereocenters. The smallest absolute Gasteiger partial charge is 0.147 e. The number of carbonyl (C=O) groups excluding carboxylic acids is 1. The lowest BCUT2D eigenvalue weighted by Crippen LogP contribution is -2.37. The zero-order valence-electron chi connectivity index (χ0n) is 14.7. The van der Waals surface area contributed by atoms with Gasteiger partial charge in [0.2, 0.25) is 0 Å². The maximum Gasteiger partial charge on any atom is 0.147 e. The number of hydrogen-bond acceptors (Lipinski definition) is 1. The van der Waals surface area contributed by atoms with Crippen LogP contribution in [0.25, 0.3) is 0 Å². The van der Waals surface area contributed by atoms with Gasteiger partial charge in [0, 0.05) is 11.1 Å². The Kier molecular flexibility index (Phi) is 3.69. The molecule has 0 aliphatic heterocycles. The molecule has 0 aromatic heterocycles. The van der Waals surface area contributed by atoms with Crippen LogP contribution in [0.3, 0.4) is 0 Å². The molecule has 3 atom stereocenters. The van der Waals surface area contributed by atoms with Crippen LogP contribution in [0, 0.1) is 16.7 Å². The lowest BCUT2D eigenvalue weighted by molar-refractivity contribution is -0.127. The Morgan fingerprint density at radius 1 is 0.875 bits per heavy atom. The van der Waals surface area contributed by atoms with Crippen LogP contribution in [0.2, 0.25) is 0 Å². The quantitative estimate of drug-likeness (QED) is 0.754. The first-order chi connectivity index (χ1) is 11.5. The van der Waals surface area contributed by atoms with Crippen LogP contribution in [-0.4, -0.2) is 11.4 Å². The number of benzene rings is 2. The summed E-state index contributed by atoms with van der Waals surface area (Å²) < 4.78 is 0. The molecule has 124 valence electrons. The molecule has 0 heterocycles. The fourth-order valence-electron chi connectivity index (χ4n) is 4.98. The molecule has 2 aromatic carbocycles. The molecule has 1 nitrogen and oxygen atoms in total. The van der Waals surface area contributed by atoms with Crippen LogP contribution in [0.15, 0.2) is 60.7 Å². The predicted molar refractivity (Wildman–Crippen MR) is 102 cm³/mol. The fourth-order valence-corrected chi connectivity index (χ4v) is 8.31. The molecule has 4 rings (SSSR count). The van der Waals surface area contributed by atoms with Gasteiger partial charge in [0.15, 0.2) is 0 Å². The first-order valence-electron chi connectivity index (χ1n) is 8.90. The highest BCUT2D eigenvalue weighted by molar-refractivity contribution is 7.74. The molecule has 0 radical (unpaired) electrons. The van der Waals surface area contributed by atoms with Crippen molar-refractivity contribution in [1.82, 2.24) is 0 Å². The summed E-state index contributed by atoms with van der Waals surface area (Å²) in [5.74, 6) is 1.02. The zero-order valence-corrected chi connectivity index (χ0v) is 15.6. The maximum atomic E-state index is 13.5. The molecule has 2 aromatic rings. The van der Waals surface area contributed by atoms with E-state index < -0.39 is 7.92 Å². The van der Waals surface area contributed by atoms with E-state index in [1.807, 2.05) is 0 Å². The van der Waals surface area contributed by atoms with Gasteiger partial charge in [-0.3, -0.25) is 4.79 Å². The second kappa shape index (κ2) is 5.53. The SMILES string of the molecule is CC1(C)[C@@H]2CC[C@]1(C)C(=O)[C@@H]2P(c1ccccc1)c1ccccc1. The van der Waals surface area contributed by atoms with Gasteiger partial charge in [-0.15, -0.1) is 0 Å². The van der Waals surface area contributed by atoms with Crippen molar-refractivity contribution in [1.29, 1.82) is 0 Å². The summed E-state index contributed by atoms with van der Waals surface area (Å²) in [6.07, 6.45) is 2.26. The molecule has 0 spiro atoms. The lowest BCUT2D eigenvalue weighted by atomic mass is 9.70. The molecular weight excluding hydrogens is 311 g/mol. The minimum Gasteiger partial charge on any atom is -0.298 e. The summed E-state index contributed by atoms with van der Waals surface area (Å²) >= 11 is 0. The number of rotatable bonds is 3. The van der Waals surface area contributed by atoms with Crippen molar-refractivity contribution in [2.24, 2.45) is 16.7 Å². The van der Waals surface area contributed by atoms with E-state index in [-0.39, 0.29) is 16.5 Å². The van der Waals surface area contributed by atoms with E-state index >= 15 is 0 Å². The minimum absolute atomic E-state index is 0.110. The predicted octanol–water partition coefficient (Wildman–Crippen LogP) is 4.51. The van der Waals surface area contributed by atoms with Crippen LogP contribution in [0.4, 0.5) is 0 Å². The van der Waals surface area contributed by atoms with Gasteiger partial charge in [0.1, 0.15) is 5.78 Å². The Morgan fingerprint density at radius 3 is 1.79 bits per heavy atom. The van der Waals surface area contributed by atoms with Crippen LogP contribution in [-0.2, 0) is 4.79 Å². The van der Waals surface area contributed by atoms with E-state index in [0.29, 0.717) is 11.7 Å². The van der Waals surface area contributed by atoms with Crippen LogP contribution in [0.5, 0.6) is 0 Å². The van der Waals surface area contributed by atoms with Gasteiger partial charge < -0.3 is 0 Å². The number of carbonyl (C=O) groups is 1. The summed E-state index contributed by atoms with van der Waals surface area (Å²) in [7, 11) is -0.646. The number of ketones is 1. The van der Waals surface area contributed by atoms with Gasteiger partial charge in [-0.1, -0.05) is 81.4 Å². The highest BCUT2D eigenvalue weighted by atomic mass is 31.1. The molecule has 0 saturated heterocycles. The Hall–Kier alpha value is -1.46. The third-order valence-electron chi connectivity index (χ3n) is 6.84. The van der Waals surface area contributed by atoms with Gasteiger partial charge in [0.25, 0.3) is 0 Å². The van der Waals surface area contributed by atoms with E-state index in [2.05, 4.69) is 81.4 Å². The van der Waals surface area contributed by atoms with Crippen molar-refractivity contribution in [3.63, 3.8) is 0 Å². The summed E-state index contributed by atoms with van der Waals surface area (Å²) in [5.41, 5.74) is 0.129. The van der Waals surface area contributed by atoms with E-state index in [9.17, 15) is 4.79 Å². The van der Waals surface area contributed by atoms with E-state index in [1.54, 1.807) is 0 Å². The fraction of sp³-hybridized carbons (Fsp3) is 0.409. The topological polar surface area (TPSA) is 17.1 Å². The molecule has 2 aliphatic rings. The van der Waals surface area contributed by atoms with Gasteiger partial charge in [0.05, 0.1) is 0 Å². The molecule has 2 heteroatoms. The third kappa shape index (κ3) is 2.07. The van der Waals surface area contributed by atoms with Crippen molar-refractivity contribution in [2.75, 3.05) is 0 Å². The normalized spacial score (nSPS) is 30.9. The average Bonchev–Trinajstić information content (AvgIpc) is 2.91. The van der Waals surface area contributed by atoms with Gasteiger partial charge >= 0.3 is 0 Å². The molecule has 0 N–H and O–H groups in total. The lowest BCUT2D eigenvalue weighted by Gasteiger charge is -2.32. The standard InChI is InChI=1S/C22H25OP/c1-21(2)18-14-15-22(21,3)20(23)19(18)24(16-10-6-4-7-11-16)17-12-8-5-9-13-17/h4-13,18-19H,14-15H2,1-3H3/t18-,19-,22-/m1/s1. The first-order valence-corrected chi connectivity index (χ1v) is 10.3. The highest BCUT2D eigenvalue weighted by Gasteiger charge is 2.67. The van der Waals surface area contributed by atoms with E-state index in [4.69, 9.17) is 0 Å². The van der Waals surface area contributed by atoms with Gasteiger partial charge in [-0.05, 0) is 42.7 Å². The molecule has 2 fully saturated rings. The Labute approximate surface area is 146 Å². The maximum absolute atomic E-state index is 13.5. The Morgan fingerprint density at radius 2 is 1.38 bits per heavy atom. The molecule has 2 bridgehead atoms. The van der Waals surface area contributed by atoms with Crippen LogP contribution < -0.4 is 10.6 Å². The Bertz CT molecular complexity index is 713. The highest BCUT2D eigenvalue weighted by Crippen LogP contribution is 2.69. The first kappa shape index (κ1) is 16.0. The Balaban J connectivity index is 1.86. The second-order valence-corrected chi connectivity index (χ2v) is 10.4. The van der Waals surface area contributed by atoms with E-state index in [0.717, 1.165) is 6.42 Å². The molecule has 24 heavy (non-hydrogen) atoms. The molecule has 0 amide bonds. The molecular formula is C22H25OP. The zero-order chi connectivity index (χ0) is 16.9. The summed E-state index contributed by atoms with van der Waals surface area (Å²) in [4.78, 5) is 13.5. The number of fused-ring (bicyclic) bond motifs is 2. The van der Waals surface area contributed by atoms with Gasteiger partial charge in [-0.2, -0.15) is 0 Å². The molecule has 2 saturated carbocycles. The molecule has 2 aliphatic carbocycles. The van der Waals surface area contributed by atoms with Crippen LogP contribution in [0.1, 0.15) is 33.6 Å². The summed E-state index contributed by atoms with van der Waals surface area (Å²) in [5, 5.41) is 2.67. The van der Waals surface area contributed by atoms with Crippen molar-refractivity contribution < 1.29 is 4.79 Å². The van der Waals surface area contributed by atoms with Crippen molar-refractivity contribution in [3.8, 4) is 0 Å². The average molecular weight is 336 g/mol. The third-order valence-corrected chi connectivity index (χ3v) is 9.70. The van der Waals surface area contributed by atoms with E-state index in [1.165, 1.54) is 17.0 Å². The second-order valence-electron chi connectivity index (χ2n) is 8.05.